The third-order valence-electron chi connectivity index (χ3n) is 10.2. The number of fused-ring (bicyclic) bond motifs is 5. The van der Waals surface area contributed by atoms with Crippen LogP contribution in [0.3, 0.4) is 0 Å². The number of aromatic nitrogens is 4. The second-order valence-electron chi connectivity index (χ2n) is 13.0. The average Bonchev–Trinajstić information content (AvgIpc) is 3.79. The average molecular weight is 653 g/mol. The van der Waals surface area contributed by atoms with Crippen molar-refractivity contribution in [3.05, 3.63) is 34.0 Å². The van der Waals surface area contributed by atoms with Crippen LogP contribution in [0, 0.1) is 29.9 Å². The molecule has 8 rings (SSSR count). The molecule has 4 aliphatic heterocycles. The van der Waals surface area contributed by atoms with Gasteiger partial charge in [0.1, 0.15) is 30.2 Å². The highest BCUT2D eigenvalue weighted by atomic mass is 35.5. The van der Waals surface area contributed by atoms with E-state index in [1.165, 1.54) is 7.11 Å². The summed E-state index contributed by atoms with van der Waals surface area (Å²) in [4.78, 5) is 13.4. The summed E-state index contributed by atoms with van der Waals surface area (Å²) in [5.74, 6) is -1.94. The van der Waals surface area contributed by atoms with Gasteiger partial charge >= 0.3 is 6.01 Å². The Labute approximate surface area is 267 Å². The van der Waals surface area contributed by atoms with Gasteiger partial charge in [-0.1, -0.05) is 11.6 Å². The molecule has 0 spiro atoms. The third-order valence-corrected chi connectivity index (χ3v) is 10.7. The molecular formula is C32H32ClF3N8O2. The minimum Gasteiger partial charge on any atom is -0.493 e. The van der Waals surface area contributed by atoms with E-state index in [0.717, 1.165) is 32.2 Å². The normalized spacial score (nSPS) is 25.8. The lowest BCUT2D eigenvalue weighted by molar-refractivity contribution is 0.107. The first-order chi connectivity index (χ1) is 22.2. The van der Waals surface area contributed by atoms with Crippen LogP contribution in [-0.2, 0) is 0 Å². The number of piperazine rings is 1. The number of hydrogen-bond donors (Lipinski definition) is 2. The summed E-state index contributed by atoms with van der Waals surface area (Å²) in [5, 5.41) is 20.5. The molecule has 10 nitrogen and oxygen atoms in total. The summed E-state index contributed by atoms with van der Waals surface area (Å²) >= 11 is 6.76. The van der Waals surface area contributed by atoms with Gasteiger partial charge in [0.2, 0.25) is 0 Å². The molecule has 0 aliphatic carbocycles. The quantitative estimate of drug-likeness (QED) is 0.290. The largest absolute Gasteiger partial charge is 0.493 e. The van der Waals surface area contributed by atoms with Crippen LogP contribution in [0.5, 0.6) is 11.8 Å². The van der Waals surface area contributed by atoms with Gasteiger partial charge in [-0.2, -0.15) is 20.3 Å². The zero-order valence-electron chi connectivity index (χ0n) is 25.4. The van der Waals surface area contributed by atoms with Crippen LogP contribution in [0.1, 0.15) is 43.4 Å². The molecular weight excluding hydrogens is 621 g/mol. The topological polar surface area (TPSA) is 115 Å². The minimum absolute atomic E-state index is 0.0274. The van der Waals surface area contributed by atoms with Crippen LogP contribution in [0.2, 0.25) is 5.02 Å². The van der Waals surface area contributed by atoms with Crippen molar-refractivity contribution in [3.63, 3.8) is 0 Å². The van der Waals surface area contributed by atoms with E-state index in [4.69, 9.17) is 26.1 Å². The fraction of sp³-hybridized carbons (Fsp3) is 0.500. The number of aromatic amines is 1. The van der Waals surface area contributed by atoms with Gasteiger partial charge in [-0.15, -0.1) is 0 Å². The first-order valence-corrected chi connectivity index (χ1v) is 16.0. The summed E-state index contributed by atoms with van der Waals surface area (Å²) in [6.45, 7) is 4.13. The van der Waals surface area contributed by atoms with Crippen LogP contribution >= 0.6 is 11.6 Å². The van der Waals surface area contributed by atoms with Gasteiger partial charge in [-0.3, -0.25) is 10.00 Å². The second-order valence-corrected chi connectivity index (χ2v) is 13.4. The molecule has 4 saturated heterocycles. The molecule has 46 heavy (non-hydrogen) atoms. The number of halogens is 4. The van der Waals surface area contributed by atoms with E-state index in [1.807, 2.05) is 11.0 Å². The molecule has 4 atom stereocenters. The van der Waals surface area contributed by atoms with Crippen molar-refractivity contribution in [3.8, 4) is 29.0 Å². The fourth-order valence-electron chi connectivity index (χ4n) is 8.17. The Morgan fingerprint density at radius 3 is 2.65 bits per heavy atom. The van der Waals surface area contributed by atoms with Gasteiger partial charge in [0.25, 0.3) is 0 Å². The first kappa shape index (κ1) is 29.5. The molecule has 2 bridgehead atoms. The van der Waals surface area contributed by atoms with Crippen molar-refractivity contribution in [1.82, 2.24) is 30.4 Å². The number of ether oxygens (including phenoxy) is 2. The van der Waals surface area contributed by atoms with Crippen molar-refractivity contribution in [2.24, 2.45) is 0 Å². The maximum absolute atomic E-state index is 17.1. The van der Waals surface area contributed by atoms with E-state index < -0.39 is 28.9 Å². The lowest BCUT2D eigenvalue weighted by Gasteiger charge is -2.35. The van der Waals surface area contributed by atoms with Gasteiger partial charge in [0.15, 0.2) is 23.1 Å². The van der Waals surface area contributed by atoms with Crippen molar-refractivity contribution >= 4 is 39.2 Å². The molecule has 2 N–H and O–H groups in total. The summed E-state index contributed by atoms with van der Waals surface area (Å²) in [6.07, 6.45) is 3.07. The predicted octanol–water partition coefficient (Wildman–Crippen LogP) is 5.19. The van der Waals surface area contributed by atoms with Crippen molar-refractivity contribution in [1.29, 1.82) is 5.26 Å². The number of alkyl halides is 1. The van der Waals surface area contributed by atoms with Crippen molar-refractivity contribution in [2.75, 3.05) is 44.8 Å². The van der Waals surface area contributed by atoms with E-state index in [1.54, 1.807) is 13.0 Å². The molecule has 2 aromatic carbocycles. The Balaban J connectivity index is 1.35. The van der Waals surface area contributed by atoms with Gasteiger partial charge in [0, 0.05) is 49.1 Å². The Morgan fingerprint density at radius 1 is 1.13 bits per heavy atom. The van der Waals surface area contributed by atoms with E-state index in [9.17, 15) is 9.65 Å². The van der Waals surface area contributed by atoms with Gasteiger partial charge < -0.3 is 19.7 Å². The van der Waals surface area contributed by atoms with Crippen LogP contribution < -0.4 is 19.7 Å². The molecule has 0 radical (unpaired) electrons. The minimum atomic E-state index is -0.997. The maximum atomic E-state index is 17.1. The van der Waals surface area contributed by atoms with E-state index in [0.29, 0.717) is 43.0 Å². The highest BCUT2D eigenvalue weighted by Crippen LogP contribution is 2.48. The van der Waals surface area contributed by atoms with Crippen molar-refractivity contribution < 1.29 is 22.6 Å². The molecule has 14 heteroatoms. The van der Waals surface area contributed by atoms with E-state index >= 15 is 8.78 Å². The van der Waals surface area contributed by atoms with Gasteiger partial charge in [-0.25, -0.2) is 13.2 Å². The lowest BCUT2D eigenvalue weighted by Crippen LogP contribution is -2.51. The first-order valence-electron chi connectivity index (χ1n) is 15.6. The standard InChI is InChI=1S/C32H32ClF3N8O2/c1-15-8-19-21(20(10-37)42-41-19)22(25(15)33)23-26(35)28-24(29(45-2)27(23)36)30(43-12-17-4-5-18(13-43)38-17)40-31(39-28)46-14-32-6-3-7-44(32)11-16(34)9-32/h8,16-18,38H,3-7,9,11-14H2,1-2H3,(H,41,42)/t16-,17?,18?,32+/m1/s1. The molecule has 6 heterocycles. The SMILES string of the molecule is COc1c(F)c(-c2c(Cl)c(C)cc3[nH]nc(C#N)c23)c(F)c2nc(OC[C@@]34CCCN3C[C@H](F)C4)nc(N3CC4CCC(C3)N4)c12. The highest BCUT2D eigenvalue weighted by molar-refractivity contribution is 6.36. The summed E-state index contributed by atoms with van der Waals surface area (Å²) in [7, 11) is 1.31. The number of benzene rings is 2. The molecule has 2 unspecified atom stereocenters. The summed E-state index contributed by atoms with van der Waals surface area (Å²) in [6, 6.07) is 3.97. The van der Waals surface area contributed by atoms with E-state index in [2.05, 4.69) is 25.4 Å². The number of nitriles is 1. The molecule has 0 saturated carbocycles. The molecule has 240 valence electrons. The van der Waals surface area contributed by atoms with Gasteiger partial charge in [0.05, 0.1) is 34.1 Å². The number of rotatable bonds is 6. The number of nitrogens with zero attached hydrogens (tertiary/aromatic N) is 6. The highest BCUT2D eigenvalue weighted by Gasteiger charge is 2.49. The van der Waals surface area contributed by atoms with Crippen LogP contribution in [-0.4, -0.2) is 88.8 Å². The summed E-state index contributed by atoms with van der Waals surface area (Å²) < 4.78 is 60.3. The van der Waals surface area contributed by atoms with Crippen molar-refractivity contribution in [2.45, 2.75) is 62.8 Å². The molecule has 4 fully saturated rings. The molecule has 0 amide bonds. The number of hydrogen-bond acceptors (Lipinski definition) is 9. The molecule has 4 aliphatic rings. The molecule has 4 aromatic rings. The Morgan fingerprint density at radius 2 is 1.91 bits per heavy atom. The van der Waals surface area contributed by atoms with E-state index in [-0.39, 0.29) is 63.0 Å². The Kier molecular flexibility index (Phi) is 6.97. The predicted molar refractivity (Wildman–Crippen MR) is 166 cm³/mol. The Bertz CT molecular complexity index is 1940. The van der Waals surface area contributed by atoms with Crippen LogP contribution in [0.25, 0.3) is 32.9 Å². The monoisotopic (exact) mass is 652 g/mol. The molecule has 2 aromatic heterocycles. The Hall–Kier alpha value is -3.86. The number of aryl methyl sites for hydroxylation is 1. The summed E-state index contributed by atoms with van der Waals surface area (Å²) in [5.41, 5.74) is -0.334. The maximum Gasteiger partial charge on any atom is 0.319 e. The van der Waals surface area contributed by atoms with Crippen LogP contribution in [0.15, 0.2) is 6.07 Å². The number of H-pyrrole nitrogens is 1. The third kappa shape index (κ3) is 4.41. The number of methoxy groups -OCH3 is 1. The van der Waals surface area contributed by atoms with Gasteiger partial charge in [-0.05, 0) is 50.8 Å². The number of anilines is 1. The zero-order chi connectivity index (χ0) is 31.9. The lowest BCUT2D eigenvalue weighted by atomic mass is 9.94. The zero-order valence-corrected chi connectivity index (χ0v) is 26.1. The number of nitrogens with one attached hydrogen (secondary N) is 2. The second kappa shape index (κ2) is 10.9. The smallest absolute Gasteiger partial charge is 0.319 e. The fourth-order valence-corrected chi connectivity index (χ4v) is 8.42. The van der Waals surface area contributed by atoms with Crippen LogP contribution in [0.4, 0.5) is 19.0 Å².